The van der Waals surface area contributed by atoms with Crippen molar-refractivity contribution in [3.63, 3.8) is 0 Å². The quantitative estimate of drug-likeness (QED) is 0.597. The lowest BCUT2D eigenvalue weighted by molar-refractivity contribution is -0.123. The minimum Gasteiger partial charge on any atom is -0.484 e. The van der Waals surface area contributed by atoms with E-state index in [0.717, 1.165) is 11.3 Å². The molecule has 114 valence electrons. The normalized spacial score (nSPS) is 9.68. The Morgan fingerprint density at radius 2 is 1.86 bits per heavy atom. The van der Waals surface area contributed by atoms with E-state index in [9.17, 15) is 4.79 Å². The van der Waals surface area contributed by atoms with Gasteiger partial charge in [-0.1, -0.05) is 30.3 Å². The monoisotopic (exact) mass is 315 g/mol. The van der Waals surface area contributed by atoms with E-state index in [-0.39, 0.29) is 12.5 Å². The average Bonchev–Trinajstić information content (AvgIpc) is 2.52. The summed E-state index contributed by atoms with van der Waals surface area (Å²) in [6.45, 7) is 1.87. The Kier molecular flexibility index (Phi) is 5.73. The van der Waals surface area contributed by atoms with E-state index in [4.69, 9.17) is 17.0 Å². The molecule has 0 bridgehead atoms. The van der Waals surface area contributed by atoms with E-state index in [0.29, 0.717) is 10.9 Å². The van der Waals surface area contributed by atoms with Crippen LogP contribution in [0.2, 0.25) is 0 Å². The van der Waals surface area contributed by atoms with Crippen LogP contribution in [0.15, 0.2) is 54.6 Å². The molecular weight excluding hydrogens is 298 g/mol. The Morgan fingerprint density at radius 3 is 2.59 bits per heavy atom. The lowest BCUT2D eigenvalue weighted by Gasteiger charge is -2.12. The maximum Gasteiger partial charge on any atom is 0.276 e. The Hall–Kier alpha value is -2.60. The third-order valence-corrected chi connectivity index (χ3v) is 2.91. The Labute approximate surface area is 134 Å². The third kappa shape index (κ3) is 5.41. The minimum absolute atomic E-state index is 0.0929. The van der Waals surface area contributed by atoms with Crippen molar-refractivity contribution in [1.29, 1.82) is 0 Å². The fourth-order valence-electron chi connectivity index (χ4n) is 1.70. The molecule has 0 atom stereocenters. The number of rotatable bonds is 4. The summed E-state index contributed by atoms with van der Waals surface area (Å²) in [4.78, 5) is 11.7. The molecule has 2 rings (SSSR count). The van der Waals surface area contributed by atoms with Crippen LogP contribution in [0.1, 0.15) is 5.56 Å². The number of hydrogen-bond acceptors (Lipinski definition) is 3. The maximum atomic E-state index is 11.7. The van der Waals surface area contributed by atoms with E-state index in [1.165, 1.54) is 0 Å². The fraction of sp³-hybridized carbons (Fsp3) is 0.125. The van der Waals surface area contributed by atoms with Crippen LogP contribution < -0.4 is 20.9 Å². The molecule has 0 heterocycles. The number of carbonyl (C=O) groups is 1. The SMILES string of the molecule is Cc1cccc(OCC(=O)NNC(=S)Nc2ccccc2)c1. The molecule has 0 saturated carbocycles. The first-order chi connectivity index (χ1) is 10.6. The summed E-state index contributed by atoms with van der Waals surface area (Å²) in [5.74, 6) is 0.332. The van der Waals surface area contributed by atoms with Gasteiger partial charge < -0.3 is 10.1 Å². The molecule has 3 N–H and O–H groups in total. The lowest BCUT2D eigenvalue weighted by atomic mass is 10.2. The van der Waals surface area contributed by atoms with Crippen LogP contribution >= 0.6 is 12.2 Å². The van der Waals surface area contributed by atoms with Gasteiger partial charge in [0.05, 0.1) is 0 Å². The van der Waals surface area contributed by atoms with Crippen LogP contribution in [0.3, 0.4) is 0 Å². The zero-order valence-corrected chi connectivity index (χ0v) is 12.9. The van der Waals surface area contributed by atoms with E-state index < -0.39 is 0 Å². The standard InChI is InChI=1S/C16H17N3O2S/c1-12-6-5-9-14(10-12)21-11-15(20)18-19-16(22)17-13-7-3-2-4-8-13/h2-10H,11H2,1H3,(H,18,20)(H2,17,19,22). The second-order valence-corrected chi connectivity index (χ2v) is 5.01. The van der Waals surface area contributed by atoms with Crippen molar-refractivity contribution in [3.8, 4) is 5.75 Å². The number of para-hydroxylation sites is 1. The van der Waals surface area contributed by atoms with Crippen molar-refractivity contribution < 1.29 is 9.53 Å². The van der Waals surface area contributed by atoms with Gasteiger partial charge in [-0.15, -0.1) is 0 Å². The molecule has 0 spiro atoms. The molecule has 0 aliphatic carbocycles. The highest BCUT2D eigenvalue weighted by atomic mass is 32.1. The second-order valence-electron chi connectivity index (χ2n) is 4.60. The summed E-state index contributed by atoms with van der Waals surface area (Å²) < 4.78 is 5.38. The van der Waals surface area contributed by atoms with Crippen molar-refractivity contribution in [3.05, 3.63) is 60.2 Å². The zero-order valence-electron chi connectivity index (χ0n) is 12.1. The molecule has 2 aromatic carbocycles. The molecule has 1 amide bonds. The third-order valence-electron chi connectivity index (χ3n) is 2.71. The van der Waals surface area contributed by atoms with Crippen molar-refractivity contribution in [2.45, 2.75) is 6.92 Å². The number of hydrogen-bond donors (Lipinski definition) is 3. The van der Waals surface area contributed by atoms with Crippen molar-refractivity contribution in [2.24, 2.45) is 0 Å². The molecule has 2 aromatic rings. The van der Waals surface area contributed by atoms with Crippen LogP contribution in [0.4, 0.5) is 5.69 Å². The summed E-state index contributed by atoms with van der Waals surface area (Å²) in [6.07, 6.45) is 0. The van der Waals surface area contributed by atoms with Gasteiger partial charge in [0.1, 0.15) is 5.75 Å². The van der Waals surface area contributed by atoms with Crippen molar-refractivity contribution >= 4 is 28.9 Å². The summed E-state index contributed by atoms with van der Waals surface area (Å²) >= 11 is 5.07. The van der Waals surface area contributed by atoms with Gasteiger partial charge in [0.15, 0.2) is 11.7 Å². The number of ether oxygens (including phenoxy) is 1. The molecule has 0 radical (unpaired) electrons. The van der Waals surface area contributed by atoms with Crippen molar-refractivity contribution in [2.75, 3.05) is 11.9 Å². The van der Waals surface area contributed by atoms with Gasteiger partial charge in [0.25, 0.3) is 5.91 Å². The number of benzene rings is 2. The van der Waals surface area contributed by atoms with Gasteiger partial charge in [-0.25, -0.2) is 0 Å². The van der Waals surface area contributed by atoms with Crippen LogP contribution in [0, 0.1) is 6.92 Å². The van der Waals surface area contributed by atoms with E-state index in [1.807, 2.05) is 55.5 Å². The Balaban J connectivity index is 1.70. The first-order valence-electron chi connectivity index (χ1n) is 6.74. The van der Waals surface area contributed by atoms with Crippen LogP contribution in [0.5, 0.6) is 5.75 Å². The largest absolute Gasteiger partial charge is 0.484 e. The van der Waals surface area contributed by atoms with Gasteiger partial charge in [-0.2, -0.15) is 0 Å². The smallest absolute Gasteiger partial charge is 0.276 e. The minimum atomic E-state index is -0.321. The summed E-state index contributed by atoms with van der Waals surface area (Å²) in [6, 6.07) is 16.9. The second kappa shape index (κ2) is 7.99. The van der Waals surface area contributed by atoms with E-state index >= 15 is 0 Å². The first-order valence-corrected chi connectivity index (χ1v) is 7.14. The number of amides is 1. The van der Waals surface area contributed by atoms with Gasteiger partial charge >= 0.3 is 0 Å². The zero-order chi connectivity index (χ0) is 15.8. The van der Waals surface area contributed by atoms with Gasteiger partial charge in [-0.05, 0) is 49.0 Å². The first kappa shape index (κ1) is 15.8. The summed E-state index contributed by atoms with van der Waals surface area (Å²) in [7, 11) is 0. The number of thiocarbonyl (C=S) groups is 1. The lowest BCUT2D eigenvalue weighted by Crippen LogP contribution is -2.45. The maximum absolute atomic E-state index is 11.7. The Bertz CT molecular complexity index is 647. The number of nitrogens with one attached hydrogen (secondary N) is 3. The molecule has 6 heteroatoms. The number of hydrazine groups is 1. The molecule has 0 fully saturated rings. The number of anilines is 1. The highest BCUT2D eigenvalue weighted by Crippen LogP contribution is 2.11. The van der Waals surface area contributed by atoms with Crippen LogP contribution in [-0.2, 0) is 4.79 Å². The van der Waals surface area contributed by atoms with Gasteiger partial charge in [-0.3, -0.25) is 15.6 Å². The highest BCUT2D eigenvalue weighted by molar-refractivity contribution is 7.80. The van der Waals surface area contributed by atoms with E-state index in [2.05, 4.69) is 16.2 Å². The topological polar surface area (TPSA) is 62.4 Å². The van der Waals surface area contributed by atoms with Gasteiger partial charge in [0, 0.05) is 5.69 Å². The molecule has 0 unspecified atom stereocenters. The molecule has 5 nitrogen and oxygen atoms in total. The molecule has 22 heavy (non-hydrogen) atoms. The molecular formula is C16H17N3O2S. The van der Waals surface area contributed by atoms with Crippen molar-refractivity contribution in [1.82, 2.24) is 10.9 Å². The molecule has 0 saturated heterocycles. The molecule has 0 aromatic heterocycles. The van der Waals surface area contributed by atoms with Crippen LogP contribution in [-0.4, -0.2) is 17.6 Å². The number of aryl methyl sites for hydroxylation is 1. The van der Waals surface area contributed by atoms with Crippen LogP contribution in [0.25, 0.3) is 0 Å². The van der Waals surface area contributed by atoms with Gasteiger partial charge in [0.2, 0.25) is 0 Å². The predicted octanol–water partition coefficient (Wildman–Crippen LogP) is 2.39. The number of carbonyl (C=O) groups excluding carboxylic acids is 1. The molecule has 0 aliphatic rings. The predicted molar refractivity (Wildman–Crippen MR) is 90.6 cm³/mol. The highest BCUT2D eigenvalue weighted by Gasteiger charge is 2.03. The van der Waals surface area contributed by atoms with E-state index in [1.54, 1.807) is 6.07 Å². The fourth-order valence-corrected chi connectivity index (χ4v) is 1.87. The molecule has 0 aliphatic heterocycles. The summed E-state index contributed by atoms with van der Waals surface area (Å²) in [5, 5.41) is 3.24. The average molecular weight is 315 g/mol. The Morgan fingerprint density at radius 1 is 1.09 bits per heavy atom. The summed E-state index contributed by atoms with van der Waals surface area (Å²) in [5.41, 5.74) is 7.00.